The van der Waals surface area contributed by atoms with Crippen LogP contribution in [0.2, 0.25) is 0 Å². The monoisotopic (exact) mass is 237 g/mol. The Kier molecular flexibility index (Phi) is 2.63. The molecule has 18 heavy (non-hydrogen) atoms. The van der Waals surface area contributed by atoms with E-state index in [2.05, 4.69) is 31.1 Å². The standard InChI is InChI=1S/C16H15NO/c1-11(2)13-8-9-15-14(10-13)16(18-17-15)12-6-4-3-5-7-12/h3-11H,1-2H3. The highest BCUT2D eigenvalue weighted by Gasteiger charge is 2.11. The molecule has 2 heteroatoms. The van der Waals surface area contributed by atoms with Crippen LogP contribution in [0.15, 0.2) is 53.1 Å². The summed E-state index contributed by atoms with van der Waals surface area (Å²) in [5, 5.41) is 5.21. The Morgan fingerprint density at radius 3 is 2.50 bits per heavy atom. The fourth-order valence-electron chi connectivity index (χ4n) is 2.12. The third-order valence-corrected chi connectivity index (χ3v) is 3.20. The van der Waals surface area contributed by atoms with Crippen molar-refractivity contribution in [1.29, 1.82) is 0 Å². The third kappa shape index (κ3) is 1.80. The van der Waals surface area contributed by atoms with Crippen molar-refractivity contribution < 1.29 is 4.52 Å². The van der Waals surface area contributed by atoms with Gasteiger partial charge in [-0.05, 0) is 23.6 Å². The van der Waals surface area contributed by atoms with Crippen LogP contribution in [0.4, 0.5) is 0 Å². The van der Waals surface area contributed by atoms with Gasteiger partial charge in [-0.1, -0.05) is 55.4 Å². The molecule has 2 nitrogen and oxygen atoms in total. The van der Waals surface area contributed by atoms with E-state index < -0.39 is 0 Å². The van der Waals surface area contributed by atoms with E-state index in [0.29, 0.717) is 5.92 Å². The van der Waals surface area contributed by atoms with E-state index in [-0.39, 0.29) is 0 Å². The quantitative estimate of drug-likeness (QED) is 0.650. The van der Waals surface area contributed by atoms with E-state index in [0.717, 1.165) is 22.2 Å². The molecule has 0 aliphatic carbocycles. The average Bonchev–Trinajstić information content (AvgIpc) is 2.82. The number of hydrogen-bond donors (Lipinski definition) is 0. The number of nitrogens with zero attached hydrogens (tertiary/aromatic N) is 1. The maximum absolute atomic E-state index is 5.49. The van der Waals surface area contributed by atoms with Crippen LogP contribution >= 0.6 is 0 Å². The number of aromatic nitrogens is 1. The lowest BCUT2D eigenvalue weighted by Gasteiger charge is -2.04. The maximum atomic E-state index is 5.49. The van der Waals surface area contributed by atoms with Crippen LogP contribution in [0.25, 0.3) is 22.2 Å². The van der Waals surface area contributed by atoms with Crippen LogP contribution in [-0.2, 0) is 0 Å². The lowest BCUT2D eigenvalue weighted by Crippen LogP contribution is -1.86. The van der Waals surface area contributed by atoms with Gasteiger partial charge in [0.1, 0.15) is 5.52 Å². The Hall–Kier alpha value is -2.09. The summed E-state index contributed by atoms with van der Waals surface area (Å²) in [7, 11) is 0. The molecule has 0 saturated heterocycles. The van der Waals surface area contributed by atoms with Crippen LogP contribution in [-0.4, -0.2) is 5.16 Å². The summed E-state index contributed by atoms with van der Waals surface area (Å²) < 4.78 is 5.49. The van der Waals surface area contributed by atoms with Gasteiger partial charge in [-0.15, -0.1) is 0 Å². The molecule has 0 aliphatic heterocycles. The second-order valence-corrected chi connectivity index (χ2v) is 4.81. The zero-order valence-corrected chi connectivity index (χ0v) is 10.6. The van der Waals surface area contributed by atoms with E-state index in [4.69, 9.17) is 4.52 Å². The highest BCUT2D eigenvalue weighted by atomic mass is 16.5. The minimum absolute atomic E-state index is 0.507. The predicted octanol–water partition coefficient (Wildman–Crippen LogP) is 4.62. The summed E-state index contributed by atoms with van der Waals surface area (Å²) in [6.45, 7) is 4.38. The molecule has 2 aromatic carbocycles. The zero-order chi connectivity index (χ0) is 12.5. The normalized spacial score (nSPS) is 11.3. The summed E-state index contributed by atoms with van der Waals surface area (Å²) in [6.07, 6.45) is 0. The Morgan fingerprint density at radius 2 is 1.78 bits per heavy atom. The van der Waals surface area contributed by atoms with Gasteiger partial charge in [-0.3, -0.25) is 0 Å². The van der Waals surface area contributed by atoms with Gasteiger partial charge in [0.15, 0.2) is 5.76 Å². The molecule has 0 spiro atoms. The summed E-state index contributed by atoms with van der Waals surface area (Å²) in [5.74, 6) is 1.36. The molecular weight excluding hydrogens is 222 g/mol. The van der Waals surface area contributed by atoms with E-state index in [1.807, 2.05) is 36.4 Å². The zero-order valence-electron chi connectivity index (χ0n) is 10.6. The van der Waals surface area contributed by atoms with E-state index in [9.17, 15) is 0 Å². The molecule has 0 unspecified atom stereocenters. The lowest BCUT2D eigenvalue weighted by atomic mass is 10.00. The fraction of sp³-hybridized carbons (Fsp3) is 0.188. The van der Waals surface area contributed by atoms with E-state index in [1.165, 1.54) is 5.56 Å². The van der Waals surface area contributed by atoms with Crippen LogP contribution < -0.4 is 0 Å². The van der Waals surface area contributed by atoms with Gasteiger partial charge >= 0.3 is 0 Å². The Labute approximate surface area is 106 Å². The molecule has 0 radical (unpaired) electrons. The minimum Gasteiger partial charge on any atom is -0.355 e. The van der Waals surface area contributed by atoms with Crippen LogP contribution in [0, 0.1) is 0 Å². The highest BCUT2D eigenvalue weighted by molar-refractivity contribution is 5.92. The molecule has 0 amide bonds. The molecule has 0 atom stereocenters. The highest BCUT2D eigenvalue weighted by Crippen LogP contribution is 2.30. The third-order valence-electron chi connectivity index (χ3n) is 3.20. The molecule has 0 saturated carbocycles. The molecule has 3 rings (SSSR count). The van der Waals surface area contributed by atoms with Gasteiger partial charge in [0.2, 0.25) is 0 Å². The lowest BCUT2D eigenvalue weighted by molar-refractivity contribution is 0.441. The van der Waals surface area contributed by atoms with Crippen molar-refractivity contribution in [3.63, 3.8) is 0 Å². The van der Waals surface area contributed by atoms with E-state index >= 15 is 0 Å². The van der Waals surface area contributed by atoms with Gasteiger partial charge in [0, 0.05) is 10.9 Å². The van der Waals surface area contributed by atoms with E-state index in [1.54, 1.807) is 0 Å². The Balaban J connectivity index is 2.21. The molecular formula is C16H15NO. The van der Waals surface area contributed by atoms with Crippen molar-refractivity contribution in [3.05, 3.63) is 54.1 Å². The van der Waals surface area contributed by atoms with Gasteiger partial charge in [-0.25, -0.2) is 0 Å². The number of rotatable bonds is 2. The summed E-state index contributed by atoms with van der Waals surface area (Å²) in [5.41, 5.74) is 3.29. The topological polar surface area (TPSA) is 26.0 Å². The molecule has 0 aliphatic rings. The Morgan fingerprint density at radius 1 is 1.00 bits per heavy atom. The average molecular weight is 237 g/mol. The van der Waals surface area contributed by atoms with Crippen molar-refractivity contribution in [3.8, 4) is 11.3 Å². The van der Waals surface area contributed by atoms with Gasteiger partial charge in [0.05, 0.1) is 0 Å². The fourth-order valence-corrected chi connectivity index (χ4v) is 2.12. The Bertz CT molecular complexity index is 668. The molecule has 1 heterocycles. The SMILES string of the molecule is CC(C)c1ccc2noc(-c3ccccc3)c2c1. The summed E-state index contributed by atoms with van der Waals surface area (Å²) >= 11 is 0. The van der Waals surface area contributed by atoms with Crippen molar-refractivity contribution >= 4 is 10.9 Å². The maximum Gasteiger partial charge on any atom is 0.174 e. The number of benzene rings is 2. The van der Waals surface area contributed by atoms with Crippen LogP contribution in [0.3, 0.4) is 0 Å². The van der Waals surface area contributed by atoms with Crippen LogP contribution in [0.5, 0.6) is 0 Å². The summed E-state index contributed by atoms with van der Waals surface area (Å²) in [6, 6.07) is 16.4. The molecule has 0 bridgehead atoms. The second-order valence-electron chi connectivity index (χ2n) is 4.81. The first kappa shape index (κ1) is 11.0. The van der Waals surface area contributed by atoms with Gasteiger partial charge in [-0.2, -0.15) is 0 Å². The molecule has 0 fully saturated rings. The predicted molar refractivity (Wildman–Crippen MR) is 73.5 cm³/mol. The van der Waals surface area contributed by atoms with Crippen molar-refractivity contribution in [2.75, 3.05) is 0 Å². The molecule has 3 aromatic rings. The summed E-state index contributed by atoms with van der Waals surface area (Å²) in [4.78, 5) is 0. The van der Waals surface area contributed by atoms with Crippen molar-refractivity contribution in [2.24, 2.45) is 0 Å². The van der Waals surface area contributed by atoms with Crippen molar-refractivity contribution in [2.45, 2.75) is 19.8 Å². The first-order valence-corrected chi connectivity index (χ1v) is 6.20. The number of fused-ring (bicyclic) bond motifs is 1. The number of hydrogen-bond acceptors (Lipinski definition) is 2. The van der Waals surface area contributed by atoms with Gasteiger partial charge < -0.3 is 4.52 Å². The van der Waals surface area contributed by atoms with Crippen molar-refractivity contribution in [1.82, 2.24) is 5.16 Å². The van der Waals surface area contributed by atoms with Gasteiger partial charge in [0.25, 0.3) is 0 Å². The molecule has 1 aromatic heterocycles. The molecule has 0 N–H and O–H groups in total. The smallest absolute Gasteiger partial charge is 0.174 e. The largest absolute Gasteiger partial charge is 0.355 e. The molecule has 90 valence electrons. The minimum atomic E-state index is 0.507. The van der Waals surface area contributed by atoms with Crippen LogP contribution in [0.1, 0.15) is 25.3 Å². The first-order chi connectivity index (χ1) is 8.75. The second kappa shape index (κ2) is 4.30. The first-order valence-electron chi connectivity index (χ1n) is 6.20.